The molecule has 0 fully saturated rings. The van der Waals surface area contributed by atoms with Gasteiger partial charge in [-0.3, -0.25) is 0 Å². The number of rotatable bonds is 5. The maximum atomic E-state index is 6.85. The van der Waals surface area contributed by atoms with Crippen LogP contribution in [-0.2, 0) is 13.2 Å². The van der Waals surface area contributed by atoms with Crippen molar-refractivity contribution in [2.24, 2.45) is 0 Å². The van der Waals surface area contributed by atoms with E-state index in [4.69, 9.17) is 6.17 Å². The molecule has 0 aliphatic heterocycles. The summed E-state index contributed by atoms with van der Waals surface area (Å²) in [5.41, 5.74) is 3.11. The third-order valence-electron chi connectivity index (χ3n) is 2.71. The molecule has 18 heavy (non-hydrogen) atoms. The Kier molecular flexibility index (Phi) is 3.93. The van der Waals surface area contributed by atoms with Crippen molar-refractivity contribution in [2.45, 2.75) is 20.1 Å². The summed E-state index contributed by atoms with van der Waals surface area (Å²) in [7, 11) is 0. The minimum absolute atomic E-state index is 0.240. The predicted octanol–water partition coefficient (Wildman–Crippen LogP) is 3.83. The standard InChI is InChI=1S/C15H15BrO2/c1-11-7-14(8-13(9-17)15(11)16)18-10-12-5-3-2-4-6-12/h2-8,17H,9-10H2,1H3/i17D. The second-order valence-corrected chi connectivity index (χ2v) is 4.92. The molecule has 0 aliphatic carbocycles. The first-order valence-corrected chi connectivity index (χ1v) is 6.54. The Morgan fingerprint density at radius 2 is 2.06 bits per heavy atom. The van der Waals surface area contributed by atoms with Crippen LogP contribution in [0.5, 0.6) is 5.75 Å². The van der Waals surface area contributed by atoms with Gasteiger partial charge in [-0.15, -0.1) is 0 Å². The van der Waals surface area contributed by atoms with Crippen LogP contribution in [-0.4, -0.2) is 6.54 Å². The summed E-state index contributed by atoms with van der Waals surface area (Å²) >= 11 is 3.49. The Morgan fingerprint density at radius 3 is 2.78 bits per heavy atom. The number of hydrogen-bond acceptors (Lipinski definition) is 2. The molecule has 2 aromatic carbocycles. The normalized spacial score (nSPS) is 11.1. The summed E-state index contributed by atoms with van der Waals surface area (Å²) in [6.45, 7) is 2.76. The predicted molar refractivity (Wildman–Crippen MR) is 75.6 cm³/mol. The molecule has 0 aromatic heterocycles. The van der Waals surface area contributed by atoms with E-state index in [1.165, 1.54) is 0 Å². The second kappa shape index (κ2) is 6.03. The van der Waals surface area contributed by atoms with E-state index in [-0.39, 0.29) is 6.61 Å². The van der Waals surface area contributed by atoms with Crippen molar-refractivity contribution in [3.8, 4) is 5.75 Å². The molecule has 0 unspecified atom stereocenters. The molecule has 2 nitrogen and oxygen atoms in total. The Hall–Kier alpha value is -1.32. The molecule has 0 amide bonds. The van der Waals surface area contributed by atoms with E-state index in [1.54, 1.807) is 0 Å². The summed E-state index contributed by atoms with van der Waals surface area (Å²) in [5.74, 6) is 0.789. The average molecular weight is 308 g/mol. The summed E-state index contributed by atoms with van der Waals surface area (Å²) in [6, 6.07) is 13.9. The van der Waals surface area contributed by atoms with E-state index in [0.29, 0.717) is 6.61 Å². The van der Waals surface area contributed by atoms with Crippen molar-refractivity contribution in [1.82, 2.24) is 0 Å². The molecule has 0 saturated carbocycles. The smallest absolute Gasteiger partial charge is 0.211 e. The van der Waals surface area contributed by atoms with Gasteiger partial charge in [0.2, 0.25) is 1.43 Å². The molecule has 0 bridgehead atoms. The molecule has 0 spiro atoms. The molecule has 0 atom stereocenters. The molecule has 2 aromatic rings. The lowest BCUT2D eigenvalue weighted by atomic mass is 10.1. The topological polar surface area (TPSA) is 29.5 Å². The zero-order valence-corrected chi connectivity index (χ0v) is 11.7. The van der Waals surface area contributed by atoms with Crippen molar-refractivity contribution < 1.29 is 9.85 Å². The maximum absolute atomic E-state index is 6.85. The highest BCUT2D eigenvalue weighted by molar-refractivity contribution is 9.10. The largest absolute Gasteiger partial charge is 0.489 e. The van der Waals surface area contributed by atoms with Gasteiger partial charge in [-0.05, 0) is 35.7 Å². The highest BCUT2D eigenvalue weighted by Gasteiger charge is 2.06. The molecule has 2 rings (SSSR count). The number of benzene rings is 2. The quantitative estimate of drug-likeness (QED) is 0.909. The van der Waals surface area contributed by atoms with Gasteiger partial charge in [-0.1, -0.05) is 46.3 Å². The minimum atomic E-state index is 0.240. The first-order chi connectivity index (χ1) is 9.20. The first kappa shape index (κ1) is 11.8. The number of hydrogen-bond donors (Lipinski definition) is 1. The van der Waals surface area contributed by atoms with E-state index in [0.717, 1.165) is 26.9 Å². The number of aryl methyl sites for hydroxylation is 1. The highest BCUT2D eigenvalue weighted by Crippen LogP contribution is 2.27. The lowest BCUT2D eigenvalue weighted by molar-refractivity contribution is 0.277. The molecule has 0 radical (unpaired) electrons. The van der Waals surface area contributed by atoms with E-state index in [1.807, 2.05) is 49.4 Å². The summed E-state index contributed by atoms with van der Waals surface area (Å²) < 4.78 is 13.6. The van der Waals surface area contributed by atoms with Gasteiger partial charge in [0.15, 0.2) is 0 Å². The van der Waals surface area contributed by atoms with Crippen LogP contribution in [0.15, 0.2) is 46.9 Å². The van der Waals surface area contributed by atoms with E-state index in [2.05, 4.69) is 21.0 Å². The molecule has 3 heteroatoms. The van der Waals surface area contributed by atoms with Gasteiger partial charge in [0.25, 0.3) is 0 Å². The zero-order valence-electron chi connectivity index (χ0n) is 11.2. The van der Waals surface area contributed by atoms with Gasteiger partial charge in [0.1, 0.15) is 12.4 Å². The van der Waals surface area contributed by atoms with Gasteiger partial charge in [0, 0.05) is 4.47 Å². The van der Waals surface area contributed by atoms with Crippen LogP contribution in [0.2, 0.25) is 0 Å². The maximum Gasteiger partial charge on any atom is 0.211 e. The number of aliphatic hydroxyl groups is 1. The van der Waals surface area contributed by atoms with Crippen molar-refractivity contribution in [2.75, 3.05) is 0 Å². The minimum Gasteiger partial charge on any atom is -0.489 e. The van der Waals surface area contributed by atoms with Crippen LogP contribution >= 0.6 is 15.9 Å². The van der Waals surface area contributed by atoms with Crippen molar-refractivity contribution in [3.05, 3.63) is 63.6 Å². The third-order valence-corrected chi connectivity index (χ3v) is 3.84. The Morgan fingerprint density at radius 1 is 1.28 bits per heavy atom. The molecule has 0 saturated heterocycles. The number of ether oxygens (including phenoxy) is 1. The molecular weight excluding hydrogens is 292 g/mol. The fourth-order valence-electron chi connectivity index (χ4n) is 1.74. The van der Waals surface area contributed by atoms with Gasteiger partial charge in [0.05, 0.1) is 6.61 Å². The highest BCUT2D eigenvalue weighted by atomic mass is 79.9. The Labute approximate surface area is 117 Å². The monoisotopic (exact) mass is 307 g/mol. The average Bonchev–Trinajstić information content (AvgIpc) is 2.43. The lowest BCUT2D eigenvalue weighted by Gasteiger charge is -2.11. The third kappa shape index (κ3) is 3.12. The molecule has 1 N–H and O–H groups in total. The number of aliphatic hydroxyl groups excluding tert-OH is 1. The first-order valence-electron chi connectivity index (χ1n) is 6.15. The van der Waals surface area contributed by atoms with Crippen LogP contribution in [0, 0.1) is 6.92 Å². The van der Waals surface area contributed by atoms with Crippen LogP contribution in [0.3, 0.4) is 0 Å². The second-order valence-electron chi connectivity index (χ2n) is 4.13. The van der Waals surface area contributed by atoms with E-state index >= 15 is 0 Å². The summed E-state index contributed by atoms with van der Waals surface area (Å²) in [5, 5.41) is 4.45. The lowest BCUT2D eigenvalue weighted by Crippen LogP contribution is -1.97. The van der Waals surface area contributed by atoms with Gasteiger partial charge < -0.3 is 9.85 Å². The van der Waals surface area contributed by atoms with E-state index in [9.17, 15) is 0 Å². The van der Waals surface area contributed by atoms with Crippen molar-refractivity contribution in [1.29, 1.82) is 1.43 Å². The molecule has 0 aliphatic rings. The van der Waals surface area contributed by atoms with Crippen LogP contribution < -0.4 is 4.74 Å². The fourth-order valence-corrected chi connectivity index (χ4v) is 2.08. The molecule has 94 valence electrons. The van der Waals surface area contributed by atoms with Crippen molar-refractivity contribution >= 4 is 15.9 Å². The van der Waals surface area contributed by atoms with E-state index < -0.39 is 0 Å². The van der Waals surface area contributed by atoms with Gasteiger partial charge in [-0.2, -0.15) is 0 Å². The van der Waals surface area contributed by atoms with Crippen molar-refractivity contribution in [3.63, 3.8) is 0 Å². The van der Waals surface area contributed by atoms with Gasteiger partial charge >= 0.3 is 0 Å². The van der Waals surface area contributed by atoms with Crippen LogP contribution in [0.25, 0.3) is 0 Å². The fraction of sp³-hybridized carbons (Fsp3) is 0.200. The Balaban J connectivity index is 2.12. The molecular formula is C15H15BrO2. The zero-order chi connectivity index (χ0) is 13.7. The van der Waals surface area contributed by atoms with Crippen LogP contribution in [0.1, 0.15) is 16.7 Å². The summed E-state index contributed by atoms with van der Waals surface area (Å²) in [4.78, 5) is 0. The Bertz CT molecular complexity index is 543. The summed E-state index contributed by atoms with van der Waals surface area (Å²) in [6.07, 6.45) is 0. The molecule has 0 heterocycles. The SMILES string of the molecule is [2H]OCc1cc(OCc2ccccc2)cc(C)c1Br. The number of halogens is 1. The van der Waals surface area contributed by atoms with Gasteiger partial charge in [-0.25, -0.2) is 0 Å². The van der Waals surface area contributed by atoms with Crippen LogP contribution in [0.4, 0.5) is 0 Å².